The van der Waals surface area contributed by atoms with Crippen LogP contribution in [0.4, 0.5) is 5.69 Å². The zero-order valence-corrected chi connectivity index (χ0v) is 16.6. The van der Waals surface area contributed by atoms with Gasteiger partial charge >= 0.3 is 0 Å². The molecular formula is C21H24N2O3S. The van der Waals surface area contributed by atoms with E-state index < -0.39 is 0 Å². The highest BCUT2D eigenvalue weighted by Gasteiger charge is 2.27. The molecule has 1 fully saturated rings. The fourth-order valence-corrected chi connectivity index (χ4v) is 3.74. The van der Waals surface area contributed by atoms with Crippen LogP contribution in [0.3, 0.4) is 0 Å². The molecule has 27 heavy (non-hydrogen) atoms. The second-order valence-electron chi connectivity index (χ2n) is 6.02. The monoisotopic (exact) mass is 384 g/mol. The Kier molecular flexibility index (Phi) is 6.29. The van der Waals surface area contributed by atoms with Crippen LogP contribution in [0.15, 0.2) is 47.4 Å². The average Bonchev–Trinajstić information content (AvgIpc) is 3.02. The lowest BCUT2D eigenvalue weighted by molar-refractivity contribution is -0.116. The first-order valence-electron chi connectivity index (χ1n) is 8.98. The molecule has 1 heterocycles. The van der Waals surface area contributed by atoms with E-state index in [4.69, 9.17) is 9.47 Å². The Balaban J connectivity index is 1.71. The van der Waals surface area contributed by atoms with Crippen LogP contribution >= 0.6 is 11.8 Å². The number of carbonyl (C=O) groups is 1. The third kappa shape index (κ3) is 4.77. The summed E-state index contributed by atoms with van der Waals surface area (Å²) in [6.07, 6.45) is 2.87. The van der Waals surface area contributed by atoms with E-state index in [1.807, 2.05) is 43.3 Å². The maximum atomic E-state index is 12.3. The third-order valence-corrected chi connectivity index (χ3v) is 5.20. The normalized spacial score (nSPS) is 17.7. The van der Waals surface area contributed by atoms with E-state index in [1.54, 1.807) is 7.11 Å². The Morgan fingerprint density at radius 1 is 1.15 bits per heavy atom. The van der Waals surface area contributed by atoms with E-state index in [9.17, 15) is 4.79 Å². The Morgan fingerprint density at radius 3 is 2.59 bits per heavy atom. The van der Waals surface area contributed by atoms with E-state index >= 15 is 0 Å². The van der Waals surface area contributed by atoms with Crippen molar-refractivity contribution in [3.8, 4) is 11.5 Å². The van der Waals surface area contributed by atoms with Crippen LogP contribution in [0.2, 0.25) is 0 Å². The van der Waals surface area contributed by atoms with Crippen LogP contribution in [0.25, 0.3) is 6.08 Å². The van der Waals surface area contributed by atoms with E-state index in [1.165, 1.54) is 17.3 Å². The summed E-state index contributed by atoms with van der Waals surface area (Å²) >= 11 is 1.46. The molecule has 2 aromatic carbocycles. The van der Waals surface area contributed by atoms with Gasteiger partial charge in [0, 0.05) is 5.69 Å². The van der Waals surface area contributed by atoms with E-state index in [2.05, 4.69) is 29.7 Å². The molecule has 6 heteroatoms. The van der Waals surface area contributed by atoms with Gasteiger partial charge in [-0.05, 0) is 54.8 Å². The molecule has 0 bridgehead atoms. The van der Waals surface area contributed by atoms with Gasteiger partial charge in [-0.1, -0.05) is 36.9 Å². The van der Waals surface area contributed by atoms with Gasteiger partial charge in [0.1, 0.15) is 0 Å². The first-order chi connectivity index (χ1) is 13.1. The number of hydrogen-bond donors (Lipinski definition) is 2. The summed E-state index contributed by atoms with van der Waals surface area (Å²) in [5.74, 6) is 1.26. The van der Waals surface area contributed by atoms with E-state index in [0.717, 1.165) is 17.7 Å². The van der Waals surface area contributed by atoms with Gasteiger partial charge in [-0.25, -0.2) is 0 Å². The molecule has 0 aromatic heterocycles. The summed E-state index contributed by atoms with van der Waals surface area (Å²) in [7, 11) is 1.61. The number of carbonyl (C=O) groups excluding carboxylic acids is 1. The molecule has 0 spiro atoms. The Bertz CT molecular complexity index is 834. The Morgan fingerprint density at radius 2 is 1.93 bits per heavy atom. The number of benzene rings is 2. The lowest BCUT2D eigenvalue weighted by Gasteiger charge is -2.13. The molecule has 1 atom stereocenters. The van der Waals surface area contributed by atoms with Gasteiger partial charge in [0.25, 0.3) is 5.91 Å². The summed E-state index contributed by atoms with van der Waals surface area (Å²) in [6.45, 7) is 4.63. The highest BCUT2D eigenvalue weighted by atomic mass is 32.2. The van der Waals surface area contributed by atoms with Crippen LogP contribution < -0.4 is 20.1 Å². The summed E-state index contributed by atoms with van der Waals surface area (Å²) in [6, 6.07) is 13.9. The molecular weight excluding hydrogens is 360 g/mol. The van der Waals surface area contributed by atoms with Crippen molar-refractivity contribution in [3.05, 3.63) is 58.5 Å². The van der Waals surface area contributed by atoms with Crippen molar-refractivity contribution < 1.29 is 14.3 Å². The molecule has 1 aliphatic heterocycles. The van der Waals surface area contributed by atoms with Crippen molar-refractivity contribution in [2.75, 3.05) is 19.0 Å². The molecule has 142 valence electrons. The lowest BCUT2D eigenvalue weighted by atomic mass is 10.1. The second kappa shape index (κ2) is 8.86. The Labute approximate surface area is 164 Å². The fourth-order valence-electron chi connectivity index (χ4n) is 2.75. The molecule has 3 rings (SSSR count). The van der Waals surface area contributed by atoms with Gasteiger partial charge in [0.2, 0.25) is 0 Å². The SMILES string of the molecule is CCOc1ccc(/C=C2\S[C@H](Nc3ccc(CC)cc3)NC2=O)cc1OC. The van der Waals surface area contributed by atoms with Gasteiger partial charge in [-0.15, -0.1) is 0 Å². The number of rotatable bonds is 7. The molecule has 0 unspecified atom stereocenters. The first-order valence-corrected chi connectivity index (χ1v) is 9.86. The van der Waals surface area contributed by atoms with Gasteiger partial charge < -0.3 is 20.1 Å². The second-order valence-corrected chi connectivity index (χ2v) is 7.16. The van der Waals surface area contributed by atoms with E-state index in [0.29, 0.717) is 23.0 Å². The van der Waals surface area contributed by atoms with Gasteiger partial charge in [0.05, 0.1) is 18.6 Å². The molecule has 1 amide bonds. The largest absolute Gasteiger partial charge is 0.493 e. The number of hydrogen-bond acceptors (Lipinski definition) is 5. The van der Waals surface area contributed by atoms with Crippen molar-refractivity contribution in [2.24, 2.45) is 0 Å². The minimum absolute atomic E-state index is 0.0875. The molecule has 5 nitrogen and oxygen atoms in total. The summed E-state index contributed by atoms with van der Waals surface area (Å²) < 4.78 is 10.9. The van der Waals surface area contributed by atoms with Gasteiger partial charge in [-0.2, -0.15) is 0 Å². The standard InChI is InChI=1S/C21H24N2O3S/c1-4-14-6-9-16(10-7-14)22-21-23-20(24)19(27-21)13-15-8-11-17(26-5-2)18(12-15)25-3/h6-13,21-22H,4-5H2,1-3H3,(H,23,24)/b19-13-/t21-/m1/s1. The summed E-state index contributed by atoms with van der Waals surface area (Å²) in [5.41, 5.74) is 2.96. The molecule has 1 saturated heterocycles. The van der Waals surface area contributed by atoms with Crippen LogP contribution in [0, 0.1) is 0 Å². The van der Waals surface area contributed by atoms with Crippen molar-refractivity contribution in [1.29, 1.82) is 0 Å². The van der Waals surface area contributed by atoms with E-state index in [-0.39, 0.29) is 11.4 Å². The highest BCUT2D eigenvalue weighted by Crippen LogP contribution is 2.33. The highest BCUT2D eigenvalue weighted by molar-refractivity contribution is 8.05. The van der Waals surface area contributed by atoms with Crippen molar-refractivity contribution >= 4 is 29.4 Å². The average molecular weight is 385 g/mol. The number of aryl methyl sites for hydroxylation is 1. The third-order valence-electron chi connectivity index (χ3n) is 4.18. The van der Waals surface area contributed by atoms with Crippen LogP contribution in [0.5, 0.6) is 11.5 Å². The Hall–Kier alpha value is -2.60. The number of methoxy groups -OCH3 is 1. The minimum atomic E-state index is -0.194. The molecule has 1 aliphatic rings. The summed E-state index contributed by atoms with van der Waals surface area (Å²) in [5, 5.41) is 6.28. The summed E-state index contributed by atoms with van der Waals surface area (Å²) in [4.78, 5) is 13.0. The van der Waals surface area contributed by atoms with Gasteiger partial charge in [-0.3, -0.25) is 4.79 Å². The first kappa shape index (κ1) is 19.2. The zero-order valence-electron chi connectivity index (χ0n) is 15.7. The molecule has 2 aromatic rings. The number of nitrogens with one attached hydrogen (secondary N) is 2. The van der Waals surface area contributed by atoms with Gasteiger partial charge in [0.15, 0.2) is 17.0 Å². The van der Waals surface area contributed by atoms with Crippen LogP contribution in [-0.2, 0) is 11.2 Å². The number of ether oxygens (including phenoxy) is 2. The zero-order chi connectivity index (χ0) is 19.2. The molecule has 0 saturated carbocycles. The number of amides is 1. The predicted octanol–water partition coefficient (Wildman–Crippen LogP) is 4.26. The maximum Gasteiger partial charge on any atom is 0.260 e. The van der Waals surface area contributed by atoms with Crippen molar-refractivity contribution in [2.45, 2.75) is 25.8 Å². The van der Waals surface area contributed by atoms with Crippen LogP contribution in [0.1, 0.15) is 25.0 Å². The number of anilines is 1. The molecule has 0 aliphatic carbocycles. The minimum Gasteiger partial charge on any atom is -0.493 e. The maximum absolute atomic E-state index is 12.3. The smallest absolute Gasteiger partial charge is 0.260 e. The fraction of sp³-hybridized carbons (Fsp3) is 0.286. The quantitative estimate of drug-likeness (QED) is 0.699. The molecule has 0 radical (unpaired) electrons. The predicted molar refractivity (Wildman–Crippen MR) is 111 cm³/mol. The van der Waals surface area contributed by atoms with Crippen LogP contribution in [-0.4, -0.2) is 25.1 Å². The van der Waals surface area contributed by atoms with Crippen molar-refractivity contribution in [1.82, 2.24) is 5.32 Å². The number of thioether (sulfide) groups is 1. The lowest BCUT2D eigenvalue weighted by Crippen LogP contribution is -2.30. The molecule has 2 N–H and O–H groups in total. The van der Waals surface area contributed by atoms with Crippen molar-refractivity contribution in [3.63, 3.8) is 0 Å². The topological polar surface area (TPSA) is 59.6 Å².